The van der Waals surface area contributed by atoms with Gasteiger partial charge in [-0.15, -0.1) is 0 Å². The SMILES string of the molecule is CC(=O)OC1CCc2c(ccc3c2CCC2(C)C3CC3OC4(CCC(C)CO4)C(C)C32)C1. The van der Waals surface area contributed by atoms with Gasteiger partial charge < -0.3 is 14.2 Å². The molecule has 4 nitrogen and oxygen atoms in total. The summed E-state index contributed by atoms with van der Waals surface area (Å²) in [6.07, 6.45) is 9.04. The molecule has 3 fully saturated rings. The maximum atomic E-state index is 11.4. The van der Waals surface area contributed by atoms with Crippen molar-refractivity contribution in [2.45, 2.75) is 103 Å². The van der Waals surface area contributed by atoms with Gasteiger partial charge in [-0.05, 0) is 83.9 Å². The van der Waals surface area contributed by atoms with E-state index in [1.807, 2.05) is 0 Å². The minimum Gasteiger partial charge on any atom is -0.462 e. The molecule has 3 aliphatic carbocycles. The second-order valence-corrected chi connectivity index (χ2v) is 11.8. The largest absolute Gasteiger partial charge is 0.462 e. The van der Waals surface area contributed by atoms with E-state index >= 15 is 0 Å². The van der Waals surface area contributed by atoms with Gasteiger partial charge >= 0.3 is 5.97 Å². The van der Waals surface area contributed by atoms with Crippen LogP contribution in [0.3, 0.4) is 0 Å². The molecule has 8 unspecified atom stereocenters. The second kappa shape index (κ2) is 7.30. The quantitative estimate of drug-likeness (QED) is 0.555. The molecule has 0 aromatic heterocycles. The number of carbonyl (C=O) groups excluding carboxylic acids is 1. The fraction of sp³-hybridized carbons (Fsp3) is 0.750. The smallest absolute Gasteiger partial charge is 0.302 e. The molecule has 2 saturated heterocycles. The van der Waals surface area contributed by atoms with Gasteiger partial charge in [-0.1, -0.05) is 32.9 Å². The molecule has 2 aliphatic heterocycles. The molecule has 1 saturated carbocycles. The van der Waals surface area contributed by atoms with Crippen molar-refractivity contribution in [3.63, 3.8) is 0 Å². The monoisotopic (exact) mass is 438 g/mol. The van der Waals surface area contributed by atoms with Crippen molar-refractivity contribution in [2.75, 3.05) is 6.61 Å². The van der Waals surface area contributed by atoms with E-state index in [9.17, 15) is 4.79 Å². The molecule has 0 N–H and O–H groups in total. The molecule has 0 bridgehead atoms. The van der Waals surface area contributed by atoms with Crippen molar-refractivity contribution in [3.05, 3.63) is 34.4 Å². The molecule has 32 heavy (non-hydrogen) atoms. The normalized spacial score (nSPS) is 44.5. The van der Waals surface area contributed by atoms with Gasteiger partial charge in [0.1, 0.15) is 6.10 Å². The number of fused-ring (bicyclic) bond motifs is 7. The molecule has 0 amide bonds. The summed E-state index contributed by atoms with van der Waals surface area (Å²) in [5.74, 6) is 1.77. The molecule has 1 spiro atoms. The highest BCUT2D eigenvalue weighted by atomic mass is 16.7. The maximum absolute atomic E-state index is 11.4. The first-order chi connectivity index (χ1) is 15.3. The number of ether oxygens (including phenoxy) is 3. The molecule has 0 radical (unpaired) electrons. The third-order valence-corrected chi connectivity index (χ3v) is 9.96. The number of hydrogen-bond acceptors (Lipinski definition) is 4. The van der Waals surface area contributed by atoms with Crippen LogP contribution in [0.4, 0.5) is 0 Å². The molecule has 5 aliphatic rings. The summed E-state index contributed by atoms with van der Waals surface area (Å²) in [6, 6.07) is 4.74. The van der Waals surface area contributed by atoms with E-state index in [1.165, 1.54) is 31.7 Å². The molecule has 2 heterocycles. The molecule has 8 atom stereocenters. The van der Waals surface area contributed by atoms with Crippen molar-refractivity contribution in [1.29, 1.82) is 0 Å². The lowest BCUT2D eigenvalue weighted by molar-refractivity contribution is -0.270. The van der Waals surface area contributed by atoms with Gasteiger partial charge in [0.25, 0.3) is 0 Å². The number of carbonyl (C=O) groups is 1. The lowest BCUT2D eigenvalue weighted by atomic mass is 9.59. The zero-order valence-corrected chi connectivity index (χ0v) is 20.1. The number of esters is 1. The Morgan fingerprint density at radius 2 is 1.97 bits per heavy atom. The highest BCUT2D eigenvalue weighted by molar-refractivity contribution is 5.66. The van der Waals surface area contributed by atoms with Crippen LogP contribution in [0.2, 0.25) is 0 Å². The zero-order valence-electron chi connectivity index (χ0n) is 20.1. The van der Waals surface area contributed by atoms with Crippen molar-refractivity contribution in [3.8, 4) is 0 Å². The Morgan fingerprint density at radius 1 is 1.12 bits per heavy atom. The highest BCUT2D eigenvalue weighted by Gasteiger charge is 2.66. The van der Waals surface area contributed by atoms with E-state index in [-0.39, 0.29) is 23.3 Å². The number of benzene rings is 1. The fourth-order valence-electron chi connectivity index (χ4n) is 8.38. The summed E-state index contributed by atoms with van der Waals surface area (Å²) in [6.45, 7) is 9.61. The van der Waals surface area contributed by atoms with Crippen LogP contribution in [-0.2, 0) is 38.3 Å². The van der Waals surface area contributed by atoms with Gasteiger partial charge in [-0.25, -0.2) is 0 Å². The van der Waals surface area contributed by atoms with Crippen LogP contribution < -0.4 is 0 Å². The minimum atomic E-state index is -0.336. The molecule has 174 valence electrons. The van der Waals surface area contributed by atoms with E-state index in [4.69, 9.17) is 14.2 Å². The van der Waals surface area contributed by atoms with Crippen LogP contribution in [0, 0.1) is 23.2 Å². The van der Waals surface area contributed by atoms with Crippen LogP contribution in [0.5, 0.6) is 0 Å². The van der Waals surface area contributed by atoms with E-state index < -0.39 is 0 Å². The van der Waals surface area contributed by atoms with Crippen molar-refractivity contribution < 1.29 is 19.0 Å². The predicted octanol–water partition coefficient (Wildman–Crippen LogP) is 5.34. The van der Waals surface area contributed by atoms with E-state index in [0.29, 0.717) is 29.8 Å². The molecule has 4 heteroatoms. The van der Waals surface area contributed by atoms with E-state index in [1.54, 1.807) is 16.7 Å². The Kier molecular flexibility index (Phi) is 4.83. The summed E-state index contributed by atoms with van der Waals surface area (Å²) in [5, 5.41) is 0. The van der Waals surface area contributed by atoms with E-state index in [2.05, 4.69) is 32.9 Å². The molecule has 1 aromatic rings. The fourth-order valence-corrected chi connectivity index (χ4v) is 8.38. The third kappa shape index (κ3) is 2.98. The summed E-state index contributed by atoms with van der Waals surface area (Å²) in [7, 11) is 0. The Morgan fingerprint density at radius 3 is 2.72 bits per heavy atom. The van der Waals surface area contributed by atoms with Crippen LogP contribution in [0.15, 0.2) is 12.1 Å². The lowest BCUT2D eigenvalue weighted by Crippen LogP contribution is -2.46. The molecular weight excluding hydrogens is 400 g/mol. The van der Waals surface area contributed by atoms with Gasteiger partial charge in [0.2, 0.25) is 0 Å². The summed E-state index contributed by atoms with van der Waals surface area (Å²) in [5.41, 5.74) is 6.43. The van der Waals surface area contributed by atoms with Gasteiger partial charge in [-0.2, -0.15) is 0 Å². The topological polar surface area (TPSA) is 44.8 Å². The first kappa shape index (κ1) is 21.2. The van der Waals surface area contributed by atoms with Crippen molar-refractivity contribution in [2.24, 2.45) is 23.2 Å². The van der Waals surface area contributed by atoms with Gasteiger partial charge in [-0.3, -0.25) is 4.79 Å². The van der Waals surface area contributed by atoms with Crippen LogP contribution in [-0.4, -0.2) is 30.6 Å². The van der Waals surface area contributed by atoms with Crippen LogP contribution >= 0.6 is 0 Å². The first-order valence-corrected chi connectivity index (χ1v) is 12.9. The van der Waals surface area contributed by atoms with Gasteiger partial charge in [0.15, 0.2) is 5.79 Å². The lowest BCUT2D eigenvalue weighted by Gasteiger charge is -2.47. The van der Waals surface area contributed by atoms with E-state index in [0.717, 1.165) is 38.7 Å². The average molecular weight is 439 g/mol. The predicted molar refractivity (Wildman–Crippen MR) is 122 cm³/mol. The second-order valence-electron chi connectivity index (χ2n) is 11.8. The third-order valence-electron chi connectivity index (χ3n) is 9.96. The number of hydrogen-bond donors (Lipinski definition) is 0. The maximum Gasteiger partial charge on any atom is 0.302 e. The first-order valence-electron chi connectivity index (χ1n) is 12.9. The zero-order chi connectivity index (χ0) is 22.3. The molecular formula is C28H38O4. The summed E-state index contributed by atoms with van der Waals surface area (Å²) >= 11 is 0. The van der Waals surface area contributed by atoms with Crippen molar-refractivity contribution >= 4 is 5.97 Å². The Labute approximate surface area is 192 Å². The summed E-state index contributed by atoms with van der Waals surface area (Å²) in [4.78, 5) is 11.4. The van der Waals surface area contributed by atoms with Gasteiger partial charge in [0, 0.05) is 25.7 Å². The van der Waals surface area contributed by atoms with Gasteiger partial charge in [0.05, 0.1) is 12.7 Å². The van der Waals surface area contributed by atoms with Crippen LogP contribution in [0.25, 0.3) is 0 Å². The standard InChI is InChI=1S/C28H38O4/c1-16-9-12-28(30-15-16)17(2)26-25(32-28)14-24-23-7-5-19-13-20(31-18(3)29)6-8-21(19)22(23)10-11-27(24,26)4/h5,7,16-17,20,24-26H,6,8-15H2,1-4H3. The Balaban J connectivity index is 1.28. The Bertz CT molecular complexity index is 930. The Hall–Kier alpha value is -1.39. The highest BCUT2D eigenvalue weighted by Crippen LogP contribution is 2.67. The number of rotatable bonds is 1. The molecule has 6 rings (SSSR count). The summed E-state index contributed by atoms with van der Waals surface area (Å²) < 4.78 is 18.8. The molecule has 1 aromatic carbocycles. The minimum absolute atomic E-state index is 0.0430. The average Bonchev–Trinajstić information content (AvgIpc) is 3.20. The van der Waals surface area contributed by atoms with Crippen LogP contribution in [0.1, 0.15) is 88.0 Å². The van der Waals surface area contributed by atoms with Crippen molar-refractivity contribution in [1.82, 2.24) is 0 Å².